The predicted octanol–water partition coefficient (Wildman–Crippen LogP) is 3.79. The van der Waals surface area contributed by atoms with Crippen LogP contribution in [-0.2, 0) is 23.4 Å². The molecule has 2 aromatic rings. The number of esters is 1. The molecular formula is C27H34O5Si. The van der Waals surface area contributed by atoms with Crippen molar-refractivity contribution in [3.05, 3.63) is 60.7 Å². The SMILES string of the molecule is CC1(C)OC[C@@H]([C@H]2OC(=O)[C@]3(O[Si](c4ccccc4)(c4ccccc4)C(C)(C)C)C[C@]23C)O1. The van der Waals surface area contributed by atoms with Gasteiger partial charge in [-0.2, -0.15) is 0 Å². The molecule has 0 bridgehead atoms. The lowest BCUT2D eigenvalue weighted by molar-refractivity contribution is -0.170. The standard InChI is InChI=1S/C27H34O5Si/c1-24(2,3)33(19-13-9-7-10-14-19,20-15-11-8-12-16-20)32-27-18-26(27,6)22(30-23(27)28)21-17-29-25(4,5)31-21/h7-16,21-22H,17-18H2,1-6H3/t21-,22+,26+,27+/m0/s1. The van der Waals surface area contributed by atoms with Gasteiger partial charge in [-0.25, -0.2) is 4.79 Å². The molecule has 6 heteroatoms. The second-order valence-electron chi connectivity index (χ2n) is 11.4. The summed E-state index contributed by atoms with van der Waals surface area (Å²) in [4.78, 5) is 13.5. The van der Waals surface area contributed by atoms with E-state index in [2.05, 4.69) is 76.2 Å². The molecule has 5 rings (SSSR count). The highest BCUT2D eigenvalue weighted by molar-refractivity contribution is 6.99. The van der Waals surface area contributed by atoms with Crippen molar-refractivity contribution in [3.63, 3.8) is 0 Å². The lowest BCUT2D eigenvalue weighted by atomic mass is 9.95. The fourth-order valence-corrected chi connectivity index (χ4v) is 10.7. The van der Waals surface area contributed by atoms with Crippen LogP contribution in [0.3, 0.4) is 0 Å². The fourth-order valence-electron chi connectivity index (χ4n) is 5.91. The van der Waals surface area contributed by atoms with Crippen molar-refractivity contribution in [1.29, 1.82) is 0 Å². The lowest BCUT2D eigenvalue weighted by Crippen LogP contribution is -2.69. The Bertz CT molecular complexity index is 1010. The smallest absolute Gasteiger partial charge is 0.338 e. The van der Waals surface area contributed by atoms with Gasteiger partial charge in [-0.15, -0.1) is 0 Å². The molecule has 4 atom stereocenters. The molecule has 3 aliphatic rings. The highest BCUT2D eigenvalue weighted by Crippen LogP contribution is 2.69. The van der Waals surface area contributed by atoms with E-state index in [1.165, 1.54) is 0 Å². The number of hydrogen-bond donors (Lipinski definition) is 0. The van der Waals surface area contributed by atoms with E-state index >= 15 is 0 Å². The average molecular weight is 467 g/mol. The van der Waals surface area contributed by atoms with Gasteiger partial charge < -0.3 is 18.6 Å². The van der Waals surface area contributed by atoms with Crippen molar-refractivity contribution >= 4 is 24.7 Å². The zero-order valence-corrected chi connectivity index (χ0v) is 21.4. The summed E-state index contributed by atoms with van der Waals surface area (Å²) in [5, 5.41) is 2.09. The fraction of sp³-hybridized carbons (Fsp3) is 0.519. The van der Waals surface area contributed by atoms with Gasteiger partial charge in [-0.05, 0) is 35.7 Å². The van der Waals surface area contributed by atoms with E-state index in [1.807, 2.05) is 26.0 Å². The summed E-state index contributed by atoms with van der Waals surface area (Å²) in [6.07, 6.45) is -0.0417. The zero-order valence-electron chi connectivity index (χ0n) is 20.4. The summed E-state index contributed by atoms with van der Waals surface area (Å²) in [5.74, 6) is -0.942. The van der Waals surface area contributed by atoms with Crippen LogP contribution in [0, 0.1) is 5.41 Å². The number of carbonyl (C=O) groups excluding carboxylic acids is 1. The Balaban J connectivity index is 1.60. The molecule has 0 N–H and O–H groups in total. The molecule has 0 spiro atoms. The largest absolute Gasteiger partial charge is 0.457 e. The normalized spacial score (nSPS) is 33.0. The molecule has 5 nitrogen and oxygen atoms in total. The van der Waals surface area contributed by atoms with Crippen LogP contribution in [0.2, 0.25) is 5.04 Å². The molecular weight excluding hydrogens is 432 g/mol. The topological polar surface area (TPSA) is 54.0 Å². The molecule has 176 valence electrons. The van der Waals surface area contributed by atoms with E-state index in [9.17, 15) is 4.79 Å². The maximum absolute atomic E-state index is 13.5. The van der Waals surface area contributed by atoms with Gasteiger partial charge in [-0.3, -0.25) is 0 Å². The molecule has 1 aliphatic carbocycles. The Morgan fingerprint density at radius 2 is 1.48 bits per heavy atom. The Kier molecular flexibility index (Phi) is 5.01. The van der Waals surface area contributed by atoms with Crippen LogP contribution >= 0.6 is 0 Å². The van der Waals surface area contributed by atoms with E-state index in [4.69, 9.17) is 18.6 Å². The maximum atomic E-state index is 13.5. The summed E-state index contributed by atoms with van der Waals surface area (Å²) in [7, 11) is -2.90. The lowest BCUT2D eigenvalue weighted by Gasteiger charge is -2.44. The van der Waals surface area contributed by atoms with E-state index in [0.29, 0.717) is 13.0 Å². The molecule has 33 heavy (non-hydrogen) atoms. The van der Waals surface area contributed by atoms with Crippen molar-refractivity contribution in [2.24, 2.45) is 5.41 Å². The van der Waals surface area contributed by atoms with Crippen LogP contribution in [0.4, 0.5) is 0 Å². The molecule has 0 aromatic heterocycles. The van der Waals surface area contributed by atoms with Gasteiger partial charge in [0.2, 0.25) is 0 Å². The molecule has 3 fully saturated rings. The minimum atomic E-state index is -2.90. The average Bonchev–Trinajstić information content (AvgIpc) is 3.12. The van der Waals surface area contributed by atoms with E-state index in [1.54, 1.807) is 0 Å². The Hall–Kier alpha value is -1.99. The molecule has 0 amide bonds. The second kappa shape index (κ2) is 7.25. The van der Waals surface area contributed by atoms with Crippen LogP contribution in [-0.4, -0.2) is 44.5 Å². The van der Waals surface area contributed by atoms with E-state index < -0.39 is 25.1 Å². The van der Waals surface area contributed by atoms with Gasteiger partial charge in [0.25, 0.3) is 8.32 Å². The third-order valence-corrected chi connectivity index (χ3v) is 12.8. The molecule has 1 saturated carbocycles. The zero-order chi connectivity index (χ0) is 23.7. The summed E-state index contributed by atoms with van der Waals surface area (Å²) < 4.78 is 25.2. The molecule has 2 aromatic carbocycles. The first-order chi connectivity index (χ1) is 15.5. The Labute approximate surface area is 197 Å². The van der Waals surface area contributed by atoms with E-state index in [-0.39, 0.29) is 23.2 Å². The van der Waals surface area contributed by atoms with Crippen molar-refractivity contribution in [2.75, 3.05) is 6.61 Å². The van der Waals surface area contributed by atoms with Crippen LogP contribution in [0.5, 0.6) is 0 Å². The Morgan fingerprint density at radius 3 is 1.91 bits per heavy atom. The first kappa shape index (κ1) is 22.8. The first-order valence-corrected chi connectivity index (χ1v) is 13.7. The summed E-state index contributed by atoms with van der Waals surface area (Å²) in [6.45, 7) is 13.0. The number of fused-ring (bicyclic) bond motifs is 1. The van der Waals surface area contributed by atoms with Crippen molar-refractivity contribution in [3.8, 4) is 0 Å². The quantitative estimate of drug-likeness (QED) is 0.496. The van der Waals surface area contributed by atoms with Crippen LogP contribution in [0.1, 0.15) is 48.0 Å². The van der Waals surface area contributed by atoms with Crippen molar-refractivity contribution in [1.82, 2.24) is 0 Å². The molecule has 0 unspecified atom stereocenters. The highest BCUT2D eigenvalue weighted by atomic mass is 28.4. The van der Waals surface area contributed by atoms with Crippen molar-refractivity contribution < 1.29 is 23.4 Å². The maximum Gasteiger partial charge on any atom is 0.338 e. The van der Waals surface area contributed by atoms with Crippen LogP contribution < -0.4 is 10.4 Å². The summed E-state index contributed by atoms with van der Waals surface area (Å²) >= 11 is 0. The summed E-state index contributed by atoms with van der Waals surface area (Å²) in [5.41, 5.74) is -1.43. The van der Waals surface area contributed by atoms with Crippen molar-refractivity contribution in [2.45, 2.75) is 76.6 Å². The number of ether oxygens (including phenoxy) is 3. The predicted molar refractivity (Wildman–Crippen MR) is 129 cm³/mol. The van der Waals surface area contributed by atoms with Crippen LogP contribution in [0.15, 0.2) is 60.7 Å². The minimum Gasteiger partial charge on any atom is -0.457 e. The highest BCUT2D eigenvalue weighted by Gasteiger charge is 2.83. The van der Waals surface area contributed by atoms with Gasteiger partial charge in [0.15, 0.2) is 11.4 Å². The third-order valence-electron chi connectivity index (χ3n) is 7.72. The summed E-state index contributed by atoms with van der Waals surface area (Å²) in [6, 6.07) is 20.9. The minimum absolute atomic E-state index is 0.221. The monoisotopic (exact) mass is 466 g/mol. The molecule has 2 aliphatic heterocycles. The third kappa shape index (κ3) is 3.26. The number of cyclic esters (lactones) is 1. The molecule has 2 saturated heterocycles. The van der Waals surface area contributed by atoms with Gasteiger partial charge in [0.1, 0.15) is 12.2 Å². The Morgan fingerprint density at radius 1 is 0.939 bits per heavy atom. The van der Waals surface area contributed by atoms with Gasteiger partial charge in [-0.1, -0.05) is 88.4 Å². The van der Waals surface area contributed by atoms with Gasteiger partial charge in [0, 0.05) is 5.41 Å². The number of benzene rings is 2. The molecule has 2 heterocycles. The molecule has 0 radical (unpaired) electrons. The van der Waals surface area contributed by atoms with E-state index in [0.717, 1.165) is 10.4 Å². The first-order valence-electron chi connectivity index (χ1n) is 11.8. The number of hydrogen-bond acceptors (Lipinski definition) is 5. The van der Waals surface area contributed by atoms with Crippen LogP contribution in [0.25, 0.3) is 0 Å². The van der Waals surface area contributed by atoms with Gasteiger partial charge >= 0.3 is 5.97 Å². The number of carbonyl (C=O) groups is 1. The van der Waals surface area contributed by atoms with Gasteiger partial charge in [0.05, 0.1) is 6.61 Å². The number of rotatable bonds is 5. The second-order valence-corrected chi connectivity index (χ2v) is 15.6.